The molecule has 0 saturated carbocycles. The standard InChI is InChI=1S/C3H8BN3/c4-3(6)1-7-2-5/h1,6H,2,4-5H2/b6-3?,7-1-. The van der Waals surface area contributed by atoms with Crippen molar-refractivity contribution in [1.29, 1.82) is 5.41 Å². The molecule has 38 valence electrons. The number of nitrogens with zero attached hydrogens (tertiary/aromatic N) is 1. The largest absolute Gasteiger partial charge is 0.315 e. The van der Waals surface area contributed by atoms with Gasteiger partial charge in [-0.05, 0) is 0 Å². The molecule has 3 nitrogen and oxygen atoms in total. The summed E-state index contributed by atoms with van der Waals surface area (Å²) in [5.74, 6) is 0. The third-order valence-electron chi connectivity index (χ3n) is 0.390. The Bertz CT molecular complexity index is 88.2. The predicted octanol–water partition coefficient (Wildman–Crippen LogP) is -1.42. The first-order valence-corrected chi connectivity index (χ1v) is 2.02. The second kappa shape index (κ2) is 3.55. The number of nitrogens with one attached hydrogen (secondary N) is 1. The molecule has 0 aromatic rings. The van der Waals surface area contributed by atoms with E-state index in [0.29, 0.717) is 5.61 Å². The van der Waals surface area contributed by atoms with Crippen LogP contribution in [0.4, 0.5) is 0 Å². The highest BCUT2D eigenvalue weighted by molar-refractivity contribution is 6.74. The fraction of sp³-hybridized carbons (Fsp3) is 0.333. The summed E-state index contributed by atoms with van der Waals surface area (Å²) in [6, 6.07) is 0. The Morgan fingerprint density at radius 2 is 2.57 bits per heavy atom. The maximum Gasteiger partial charge on any atom is 0.165 e. The van der Waals surface area contributed by atoms with Crippen molar-refractivity contribution in [2.24, 2.45) is 10.7 Å². The first kappa shape index (κ1) is 6.36. The monoisotopic (exact) mass is 97.1 g/mol. The fourth-order valence-corrected chi connectivity index (χ4v) is 0.190. The molecule has 0 aliphatic heterocycles. The zero-order valence-electron chi connectivity index (χ0n) is 4.31. The van der Waals surface area contributed by atoms with Crippen LogP contribution >= 0.6 is 0 Å². The van der Waals surface area contributed by atoms with Gasteiger partial charge in [-0.15, -0.1) is 0 Å². The van der Waals surface area contributed by atoms with E-state index in [4.69, 9.17) is 11.1 Å². The highest BCUT2D eigenvalue weighted by Gasteiger charge is 1.72. The van der Waals surface area contributed by atoms with Crippen molar-refractivity contribution in [3.8, 4) is 0 Å². The number of nitrogens with two attached hydrogens (primary N) is 1. The van der Waals surface area contributed by atoms with Gasteiger partial charge in [0.1, 0.15) is 0 Å². The second-order valence-electron chi connectivity index (χ2n) is 1.18. The Kier molecular flexibility index (Phi) is 3.23. The van der Waals surface area contributed by atoms with Crippen LogP contribution in [0.3, 0.4) is 0 Å². The first-order chi connectivity index (χ1) is 3.27. The minimum Gasteiger partial charge on any atom is -0.315 e. The molecule has 0 aromatic heterocycles. The quantitative estimate of drug-likeness (QED) is 0.322. The molecule has 3 N–H and O–H groups in total. The number of hydrogen-bond donors (Lipinski definition) is 2. The molecule has 0 aliphatic rings. The van der Waals surface area contributed by atoms with E-state index in [1.807, 2.05) is 0 Å². The van der Waals surface area contributed by atoms with Gasteiger partial charge in [0.2, 0.25) is 0 Å². The van der Waals surface area contributed by atoms with Crippen LogP contribution in [0.25, 0.3) is 0 Å². The summed E-state index contributed by atoms with van der Waals surface area (Å²) >= 11 is 0. The third kappa shape index (κ3) is 5.36. The first-order valence-electron chi connectivity index (χ1n) is 2.02. The number of rotatable bonds is 2. The molecule has 0 aromatic carbocycles. The topological polar surface area (TPSA) is 62.2 Å². The molecule has 0 saturated heterocycles. The van der Waals surface area contributed by atoms with Crippen LogP contribution in [0.5, 0.6) is 0 Å². The Labute approximate surface area is 43.5 Å². The van der Waals surface area contributed by atoms with Crippen molar-refractivity contribution in [3.05, 3.63) is 0 Å². The Morgan fingerprint density at radius 1 is 2.00 bits per heavy atom. The normalized spacial score (nSPS) is 9.86. The minimum atomic E-state index is 0.274. The van der Waals surface area contributed by atoms with Gasteiger partial charge in [0.05, 0.1) is 6.67 Å². The van der Waals surface area contributed by atoms with Crippen LogP contribution < -0.4 is 5.73 Å². The second-order valence-corrected chi connectivity index (χ2v) is 1.18. The van der Waals surface area contributed by atoms with Crippen molar-refractivity contribution >= 4 is 19.7 Å². The summed E-state index contributed by atoms with van der Waals surface area (Å²) in [6.07, 6.45) is 1.43. The van der Waals surface area contributed by atoms with Crippen LogP contribution in [-0.2, 0) is 0 Å². The Morgan fingerprint density at radius 3 is 2.71 bits per heavy atom. The molecule has 0 rings (SSSR count). The molecule has 0 spiro atoms. The van der Waals surface area contributed by atoms with Gasteiger partial charge < -0.3 is 11.1 Å². The van der Waals surface area contributed by atoms with Gasteiger partial charge in [-0.1, -0.05) is 0 Å². The van der Waals surface area contributed by atoms with E-state index in [-0.39, 0.29) is 6.67 Å². The summed E-state index contributed by atoms with van der Waals surface area (Å²) in [5, 5.41) is 6.79. The Hall–Kier alpha value is -0.635. The molecule has 7 heavy (non-hydrogen) atoms. The van der Waals surface area contributed by atoms with Crippen molar-refractivity contribution in [2.75, 3.05) is 6.67 Å². The Balaban J connectivity index is 3.26. The van der Waals surface area contributed by atoms with Gasteiger partial charge in [0, 0.05) is 11.8 Å². The van der Waals surface area contributed by atoms with Crippen molar-refractivity contribution in [2.45, 2.75) is 0 Å². The third-order valence-corrected chi connectivity index (χ3v) is 0.390. The zero-order chi connectivity index (χ0) is 5.70. The van der Waals surface area contributed by atoms with Gasteiger partial charge in [-0.3, -0.25) is 4.99 Å². The zero-order valence-corrected chi connectivity index (χ0v) is 4.31. The molecular weight excluding hydrogens is 88.9 g/mol. The predicted molar refractivity (Wildman–Crippen MR) is 33.8 cm³/mol. The van der Waals surface area contributed by atoms with Gasteiger partial charge in [-0.2, -0.15) is 0 Å². The SMILES string of the molecule is BC(=N)/C=N\CN. The smallest absolute Gasteiger partial charge is 0.165 e. The molecule has 0 amide bonds. The highest BCUT2D eigenvalue weighted by Crippen LogP contribution is 1.55. The fourth-order valence-electron chi connectivity index (χ4n) is 0.190. The molecule has 0 radical (unpaired) electrons. The summed E-state index contributed by atoms with van der Waals surface area (Å²) in [5.41, 5.74) is 5.42. The number of hydrogen-bond acceptors (Lipinski definition) is 3. The van der Waals surface area contributed by atoms with Gasteiger partial charge in [0.25, 0.3) is 0 Å². The van der Waals surface area contributed by atoms with E-state index in [2.05, 4.69) is 4.99 Å². The summed E-state index contributed by atoms with van der Waals surface area (Å²) in [6.45, 7) is 0.274. The van der Waals surface area contributed by atoms with E-state index >= 15 is 0 Å². The lowest BCUT2D eigenvalue weighted by Crippen LogP contribution is -2.00. The minimum absolute atomic E-state index is 0.274. The summed E-state index contributed by atoms with van der Waals surface area (Å²) < 4.78 is 0. The van der Waals surface area contributed by atoms with Crippen LogP contribution in [0.15, 0.2) is 4.99 Å². The van der Waals surface area contributed by atoms with Crippen molar-refractivity contribution < 1.29 is 0 Å². The van der Waals surface area contributed by atoms with E-state index < -0.39 is 0 Å². The summed E-state index contributed by atoms with van der Waals surface area (Å²) in [7, 11) is 1.65. The highest BCUT2D eigenvalue weighted by atomic mass is 14.8. The van der Waals surface area contributed by atoms with Gasteiger partial charge >= 0.3 is 0 Å². The van der Waals surface area contributed by atoms with Crippen LogP contribution in [0.2, 0.25) is 0 Å². The van der Waals surface area contributed by atoms with Crippen molar-refractivity contribution in [3.63, 3.8) is 0 Å². The van der Waals surface area contributed by atoms with Crippen LogP contribution in [0.1, 0.15) is 0 Å². The lowest BCUT2D eigenvalue weighted by Gasteiger charge is -1.78. The molecule has 0 atom stereocenters. The summed E-state index contributed by atoms with van der Waals surface area (Å²) in [4.78, 5) is 3.60. The molecule has 0 heterocycles. The maximum atomic E-state index is 6.79. The van der Waals surface area contributed by atoms with Gasteiger partial charge in [0.15, 0.2) is 7.85 Å². The molecular formula is C3H8BN3. The number of aliphatic imine (C=N–C) groups is 1. The molecule has 0 unspecified atom stereocenters. The van der Waals surface area contributed by atoms with E-state index in [9.17, 15) is 0 Å². The lowest BCUT2D eigenvalue weighted by molar-refractivity contribution is 1.08. The lowest BCUT2D eigenvalue weighted by atomic mass is 10.0. The van der Waals surface area contributed by atoms with Crippen LogP contribution in [0, 0.1) is 5.41 Å². The molecule has 0 aliphatic carbocycles. The maximum absolute atomic E-state index is 6.79. The average Bonchev–Trinajstić information content (AvgIpc) is 1.61. The van der Waals surface area contributed by atoms with Gasteiger partial charge in [-0.25, -0.2) is 0 Å². The van der Waals surface area contributed by atoms with E-state index in [1.165, 1.54) is 6.21 Å². The van der Waals surface area contributed by atoms with E-state index in [0.717, 1.165) is 0 Å². The average molecular weight is 96.9 g/mol. The van der Waals surface area contributed by atoms with E-state index in [1.54, 1.807) is 7.85 Å². The molecule has 0 fully saturated rings. The van der Waals surface area contributed by atoms with Crippen molar-refractivity contribution in [1.82, 2.24) is 0 Å². The molecule has 0 bridgehead atoms. The molecule has 4 heteroatoms. The van der Waals surface area contributed by atoms with Crippen LogP contribution in [-0.4, -0.2) is 26.3 Å².